The van der Waals surface area contributed by atoms with Crippen molar-refractivity contribution in [1.82, 2.24) is 15.2 Å². The Bertz CT molecular complexity index is 606. The first-order valence-electron chi connectivity index (χ1n) is 6.01. The maximum absolute atomic E-state index is 11.3. The Labute approximate surface area is 110 Å². The molecular weight excluding hydrogens is 242 g/mol. The lowest BCUT2D eigenvalue weighted by Gasteiger charge is -1.98. The van der Waals surface area contributed by atoms with E-state index in [9.17, 15) is 4.79 Å². The fourth-order valence-corrected chi connectivity index (χ4v) is 1.49. The van der Waals surface area contributed by atoms with E-state index in [1.807, 2.05) is 18.2 Å². The maximum Gasteiger partial charge on any atom is 0.274 e. The number of hydrogen-bond donors (Lipinski definition) is 2. The Morgan fingerprint density at radius 3 is 2.84 bits per heavy atom. The molecule has 1 aromatic heterocycles. The molecule has 0 aliphatic carbocycles. The summed E-state index contributed by atoms with van der Waals surface area (Å²) in [7, 11) is 0. The van der Waals surface area contributed by atoms with Crippen LogP contribution in [0.3, 0.4) is 0 Å². The average Bonchev–Trinajstić information content (AvgIpc) is 2.43. The van der Waals surface area contributed by atoms with Crippen molar-refractivity contribution in [2.45, 2.75) is 19.8 Å². The molecule has 0 radical (unpaired) electrons. The first-order chi connectivity index (χ1) is 9.25. The number of nitrogens with zero attached hydrogens (tertiary/aromatic N) is 3. The number of aromatic nitrogens is 3. The van der Waals surface area contributed by atoms with Crippen molar-refractivity contribution in [1.29, 1.82) is 0 Å². The van der Waals surface area contributed by atoms with Gasteiger partial charge in [-0.2, -0.15) is 5.10 Å². The second-order valence-electron chi connectivity index (χ2n) is 4.04. The minimum absolute atomic E-state index is 0.242. The van der Waals surface area contributed by atoms with Crippen LogP contribution in [-0.2, 0) is 6.42 Å². The minimum Gasteiger partial charge on any atom is -0.288 e. The molecule has 0 amide bonds. The van der Waals surface area contributed by atoms with Crippen molar-refractivity contribution >= 4 is 12.2 Å². The highest BCUT2D eigenvalue weighted by atomic mass is 16.1. The van der Waals surface area contributed by atoms with Gasteiger partial charge in [-0.25, -0.2) is 5.43 Å². The largest absolute Gasteiger partial charge is 0.288 e. The zero-order valence-electron chi connectivity index (χ0n) is 10.6. The minimum atomic E-state index is -0.267. The maximum atomic E-state index is 11.3. The molecule has 0 saturated heterocycles. The summed E-state index contributed by atoms with van der Waals surface area (Å²) in [4.78, 5) is 13.8. The molecule has 2 N–H and O–H groups in total. The first-order valence-corrected chi connectivity index (χ1v) is 6.01. The number of aromatic amines is 1. The summed E-state index contributed by atoms with van der Waals surface area (Å²) in [5.41, 5.74) is 3.97. The van der Waals surface area contributed by atoms with E-state index in [2.05, 4.69) is 37.8 Å². The smallest absolute Gasteiger partial charge is 0.274 e. The lowest BCUT2D eigenvalue weighted by atomic mass is 10.1. The van der Waals surface area contributed by atoms with Crippen molar-refractivity contribution in [3.8, 4) is 0 Å². The summed E-state index contributed by atoms with van der Waals surface area (Å²) in [5, 5.41) is 11.4. The number of anilines is 1. The fourth-order valence-electron chi connectivity index (χ4n) is 1.49. The van der Waals surface area contributed by atoms with Gasteiger partial charge in [0.25, 0.3) is 5.56 Å². The first kappa shape index (κ1) is 12.9. The third-order valence-corrected chi connectivity index (χ3v) is 2.53. The number of hydrazone groups is 1. The van der Waals surface area contributed by atoms with Crippen LogP contribution in [0, 0.1) is 6.92 Å². The normalized spacial score (nSPS) is 10.8. The van der Waals surface area contributed by atoms with Gasteiger partial charge in [0, 0.05) is 6.21 Å². The predicted octanol–water partition coefficient (Wildman–Crippen LogP) is 1.50. The van der Waals surface area contributed by atoms with E-state index in [0.717, 1.165) is 12.8 Å². The van der Waals surface area contributed by atoms with E-state index in [4.69, 9.17) is 0 Å². The Morgan fingerprint density at radius 1 is 1.32 bits per heavy atom. The van der Waals surface area contributed by atoms with E-state index in [-0.39, 0.29) is 11.5 Å². The summed E-state index contributed by atoms with van der Waals surface area (Å²) in [5.74, 6) is 0.242. The second-order valence-corrected chi connectivity index (χ2v) is 4.04. The summed E-state index contributed by atoms with van der Waals surface area (Å²) < 4.78 is 0. The van der Waals surface area contributed by atoms with Gasteiger partial charge in [-0.15, -0.1) is 10.2 Å². The molecule has 98 valence electrons. The molecule has 0 spiro atoms. The number of aryl methyl sites for hydroxylation is 2. The highest BCUT2D eigenvalue weighted by Gasteiger charge is 1.97. The van der Waals surface area contributed by atoms with Crippen LogP contribution in [0.2, 0.25) is 0 Å². The zero-order chi connectivity index (χ0) is 13.5. The number of hydrogen-bond acceptors (Lipinski definition) is 5. The van der Waals surface area contributed by atoms with Crippen molar-refractivity contribution < 1.29 is 0 Å². The van der Waals surface area contributed by atoms with Gasteiger partial charge in [-0.05, 0) is 25.3 Å². The van der Waals surface area contributed by atoms with E-state index in [1.54, 1.807) is 13.1 Å². The highest BCUT2D eigenvalue weighted by Crippen LogP contribution is 2.00. The summed E-state index contributed by atoms with van der Waals surface area (Å²) >= 11 is 0. The van der Waals surface area contributed by atoms with Crippen molar-refractivity contribution in [3.05, 3.63) is 51.9 Å². The molecule has 0 aliphatic rings. The van der Waals surface area contributed by atoms with Crippen LogP contribution < -0.4 is 11.0 Å². The summed E-state index contributed by atoms with van der Waals surface area (Å²) in [6, 6.07) is 10.2. The van der Waals surface area contributed by atoms with E-state index >= 15 is 0 Å². The number of rotatable bonds is 5. The van der Waals surface area contributed by atoms with Crippen LogP contribution in [0.5, 0.6) is 0 Å². The van der Waals surface area contributed by atoms with Gasteiger partial charge < -0.3 is 0 Å². The lowest BCUT2D eigenvalue weighted by molar-refractivity contribution is 0.896. The van der Waals surface area contributed by atoms with E-state index in [0.29, 0.717) is 5.69 Å². The van der Waals surface area contributed by atoms with Gasteiger partial charge in [-0.3, -0.25) is 9.78 Å². The molecule has 0 aliphatic heterocycles. The third-order valence-electron chi connectivity index (χ3n) is 2.53. The number of H-pyrrole nitrogens is 1. The summed E-state index contributed by atoms with van der Waals surface area (Å²) in [6.45, 7) is 1.60. The Hall–Kier alpha value is -2.50. The van der Waals surface area contributed by atoms with E-state index in [1.165, 1.54) is 5.56 Å². The molecule has 2 rings (SSSR count). The van der Waals surface area contributed by atoms with Gasteiger partial charge in [0.15, 0.2) is 0 Å². The van der Waals surface area contributed by atoms with Gasteiger partial charge >= 0.3 is 0 Å². The van der Waals surface area contributed by atoms with Gasteiger partial charge in [0.05, 0.1) is 0 Å². The average molecular weight is 257 g/mol. The van der Waals surface area contributed by atoms with Crippen LogP contribution in [-0.4, -0.2) is 21.4 Å². The fraction of sp³-hybridized carbons (Fsp3) is 0.231. The molecule has 19 heavy (non-hydrogen) atoms. The molecule has 2 aromatic rings. The Morgan fingerprint density at radius 2 is 2.11 bits per heavy atom. The quantitative estimate of drug-likeness (QED) is 0.628. The monoisotopic (exact) mass is 257 g/mol. The van der Waals surface area contributed by atoms with Crippen molar-refractivity contribution in [2.75, 3.05) is 5.43 Å². The third kappa shape index (κ3) is 4.02. The second kappa shape index (κ2) is 6.44. The van der Waals surface area contributed by atoms with Gasteiger partial charge in [-0.1, -0.05) is 30.3 Å². The van der Waals surface area contributed by atoms with Crippen LogP contribution in [0.1, 0.15) is 17.7 Å². The lowest BCUT2D eigenvalue weighted by Crippen LogP contribution is -2.15. The highest BCUT2D eigenvalue weighted by molar-refractivity contribution is 5.58. The zero-order valence-corrected chi connectivity index (χ0v) is 10.6. The van der Waals surface area contributed by atoms with Crippen LogP contribution in [0.25, 0.3) is 0 Å². The molecule has 0 saturated carbocycles. The molecule has 0 unspecified atom stereocenters. The molecule has 0 fully saturated rings. The Balaban J connectivity index is 1.80. The van der Waals surface area contributed by atoms with Crippen LogP contribution >= 0.6 is 0 Å². The molecule has 6 heteroatoms. The molecule has 1 heterocycles. The topological polar surface area (TPSA) is 83.0 Å². The van der Waals surface area contributed by atoms with Crippen LogP contribution in [0.15, 0.2) is 40.2 Å². The van der Waals surface area contributed by atoms with Gasteiger partial charge in [0.1, 0.15) is 5.69 Å². The van der Waals surface area contributed by atoms with Crippen molar-refractivity contribution in [2.24, 2.45) is 5.10 Å². The number of benzene rings is 1. The SMILES string of the molecule is Cc1nnc(N/N=C\CCc2ccccc2)[nH]c1=O. The predicted molar refractivity (Wildman–Crippen MR) is 74.3 cm³/mol. The molecule has 0 bridgehead atoms. The summed E-state index contributed by atoms with van der Waals surface area (Å²) in [6.07, 6.45) is 3.47. The Kier molecular flexibility index (Phi) is 4.39. The standard InChI is InChI=1S/C13H15N5O/c1-10-12(19)15-13(18-16-10)17-14-9-5-8-11-6-3-2-4-7-11/h2-4,6-7,9H,5,8H2,1H3,(H2,15,17,18,19)/b14-9-. The van der Waals surface area contributed by atoms with Crippen LogP contribution in [0.4, 0.5) is 5.95 Å². The number of nitrogens with one attached hydrogen (secondary N) is 2. The molecular formula is C13H15N5O. The van der Waals surface area contributed by atoms with Crippen molar-refractivity contribution in [3.63, 3.8) is 0 Å². The van der Waals surface area contributed by atoms with E-state index < -0.39 is 0 Å². The molecule has 0 atom stereocenters. The van der Waals surface area contributed by atoms with Gasteiger partial charge in [0.2, 0.25) is 5.95 Å². The molecule has 6 nitrogen and oxygen atoms in total. The molecule has 1 aromatic carbocycles.